The fourth-order valence-electron chi connectivity index (χ4n) is 1.60. The first-order chi connectivity index (χ1) is 7.77. The summed E-state index contributed by atoms with van der Waals surface area (Å²) in [5.74, 6) is 0. The van der Waals surface area contributed by atoms with Crippen molar-refractivity contribution in [1.82, 2.24) is 0 Å². The molecule has 0 amide bonds. The number of hydrazine groups is 1. The molecule has 2 rings (SSSR count). The minimum atomic E-state index is 1.13. The summed E-state index contributed by atoms with van der Waals surface area (Å²) in [4.78, 5) is 0. The zero-order valence-corrected chi connectivity index (χ0v) is 9.64. The highest BCUT2D eigenvalue weighted by Gasteiger charge is 2.01. The van der Waals surface area contributed by atoms with Gasteiger partial charge in [-0.05, 0) is 30.7 Å². The van der Waals surface area contributed by atoms with Crippen molar-refractivity contribution in [2.24, 2.45) is 0 Å². The number of benzene rings is 2. The highest BCUT2D eigenvalue weighted by Crippen LogP contribution is 2.17. The maximum atomic E-state index is 3.36. The van der Waals surface area contributed by atoms with Crippen LogP contribution in [0.5, 0.6) is 0 Å². The Kier molecular flexibility index (Phi) is 3.10. The lowest BCUT2D eigenvalue weighted by molar-refractivity contribution is 1.09. The Morgan fingerprint density at radius 3 is 2.19 bits per heavy atom. The van der Waals surface area contributed by atoms with Gasteiger partial charge in [-0.1, -0.05) is 36.4 Å². The zero-order chi connectivity index (χ0) is 11.4. The van der Waals surface area contributed by atoms with Gasteiger partial charge in [-0.25, -0.2) is 0 Å². The van der Waals surface area contributed by atoms with Crippen LogP contribution in [0.4, 0.5) is 11.4 Å². The minimum absolute atomic E-state index is 1.13. The van der Waals surface area contributed by atoms with Gasteiger partial charge in [-0.3, -0.25) is 10.4 Å². The molecule has 0 unspecified atom stereocenters. The van der Waals surface area contributed by atoms with Gasteiger partial charge in [0.05, 0.1) is 11.4 Å². The second-order valence-electron chi connectivity index (χ2n) is 3.82. The van der Waals surface area contributed by atoms with Crippen LogP contribution in [-0.2, 0) is 0 Å². The van der Waals surface area contributed by atoms with Crippen LogP contribution in [-0.4, -0.2) is 7.05 Å². The average Bonchev–Trinajstić information content (AvgIpc) is 2.33. The Labute approximate surface area is 96.5 Å². The Bertz CT molecular complexity index is 451. The topological polar surface area (TPSA) is 15.3 Å². The predicted molar refractivity (Wildman–Crippen MR) is 69.6 cm³/mol. The van der Waals surface area contributed by atoms with E-state index in [-0.39, 0.29) is 0 Å². The van der Waals surface area contributed by atoms with E-state index < -0.39 is 0 Å². The summed E-state index contributed by atoms with van der Waals surface area (Å²) in [6, 6.07) is 18.5. The van der Waals surface area contributed by atoms with Crippen molar-refractivity contribution in [3.63, 3.8) is 0 Å². The molecule has 0 aliphatic heterocycles. The van der Waals surface area contributed by atoms with Crippen molar-refractivity contribution in [3.05, 3.63) is 60.2 Å². The van der Waals surface area contributed by atoms with E-state index in [4.69, 9.17) is 0 Å². The van der Waals surface area contributed by atoms with Crippen molar-refractivity contribution in [3.8, 4) is 0 Å². The van der Waals surface area contributed by atoms with Crippen LogP contribution in [0.25, 0.3) is 0 Å². The zero-order valence-electron chi connectivity index (χ0n) is 9.64. The highest BCUT2D eigenvalue weighted by molar-refractivity contribution is 5.57. The van der Waals surface area contributed by atoms with Crippen molar-refractivity contribution in [1.29, 1.82) is 0 Å². The molecule has 0 spiro atoms. The van der Waals surface area contributed by atoms with Crippen LogP contribution in [0.2, 0.25) is 0 Å². The first-order valence-electron chi connectivity index (χ1n) is 5.38. The fraction of sp³-hybridized carbons (Fsp3) is 0.143. The molecule has 82 valence electrons. The monoisotopic (exact) mass is 212 g/mol. The van der Waals surface area contributed by atoms with E-state index in [1.54, 1.807) is 0 Å². The molecule has 1 N–H and O–H groups in total. The second kappa shape index (κ2) is 4.71. The molecule has 0 saturated heterocycles. The van der Waals surface area contributed by atoms with Crippen molar-refractivity contribution in [2.45, 2.75) is 6.92 Å². The Balaban J connectivity index is 2.14. The van der Waals surface area contributed by atoms with Crippen molar-refractivity contribution in [2.75, 3.05) is 17.5 Å². The second-order valence-corrected chi connectivity index (χ2v) is 3.82. The summed E-state index contributed by atoms with van der Waals surface area (Å²) in [5.41, 5.74) is 6.88. The molecule has 16 heavy (non-hydrogen) atoms. The maximum Gasteiger partial charge on any atom is 0.0571 e. The number of aryl methyl sites for hydroxylation is 1. The number of nitrogens with zero attached hydrogens (tertiary/aromatic N) is 1. The molecule has 0 aliphatic carbocycles. The highest BCUT2D eigenvalue weighted by atomic mass is 15.5. The molecule has 2 aromatic carbocycles. The first-order valence-corrected chi connectivity index (χ1v) is 5.38. The van der Waals surface area contributed by atoms with Crippen molar-refractivity contribution >= 4 is 11.4 Å². The molecular formula is C14H16N2. The average molecular weight is 212 g/mol. The van der Waals surface area contributed by atoms with Gasteiger partial charge < -0.3 is 0 Å². The summed E-state index contributed by atoms with van der Waals surface area (Å²) >= 11 is 0. The lowest BCUT2D eigenvalue weighted by atomic mass is 10.2. The van der Waals surface area contributed by atoms with Crippen molar-refractivity contribution < 1.29 is 0 Å². The standard InChI is InChI=1S/C14H16N2/c1-12-8-6-7-11-14(12)15-16(2)13-9-4-3-5-10-13/h3-11,15H,1-2H3. The Morgan fingerprint density at radius 1 is 0.875 bits per heavy atom. The number of hydrogen-bond acceptors (Lipinski definition) is 2. The quantitative estimate of drug-likeness (QED) is 0.784. The first kappa shape index (κ1) is 10.6. The third kappa shape index (κ3) is 2.34. The third-order valence-electron chi connectivity index (χ3n) is 2.58. The van der Waals surface area contributed by atoms with Gasteiger partial charge in [0, 0.05) is 7.05 Å². The molecule has 0 fully saturated rings. The van der Waals surface area contributed by atoms with E-state index >= 15 is 0 Å². The van der Waals surface area contributed by atoms with Crippen LogP contribution < -0.4 is 10.4 Å². The third-order valence-corrected chi connectivity index (χ3v) is 2.58. The predicted octanol–water partition coefficient (Wildman–Crippen LogP) is 3.46. The normalized spacial score (nSPS) is 9.88. The molecule has 2 heteroatoms. The number of rotatable bonds is 3. The van der Waals surface area contributed by atoms with Gasteiger partial charge >= 0.3 is 0 Å². The molecule has 2 nitrogen and oxygen atoms in total. The van der Waals surface area contributed by atoms with Gasteiger partial charge in [0.1, 0.15) is 0 Å². The van der Waals surface area contributed by atoms with E-state index in [1.807, 2.05) is 42.4 Å². The summed E-state index contributed by atoms with van der Waals surface area (Å²) < 4.78 is 0. The van der Waals surface area contributed by atoms with E-state index in [9.17, 15) is 0 Å². The van der Waals surface area contributed by atoms with Gasteiger partial charge in [0.15, 0.2) is 0 Å². The SMILES string of the molecule is Cc1ccccc1NN(C)c1ccccc1. The van der Waals surface area contributed by atoms with Gasteiger partial charge in [0.2, 0.25) is 0 Å². The molecule has 0 aliphatic rings. The van der Waals surface area contributed by atoms with E-state index in [0.717, 1.165) is 11.4 Å². The molecule has 0 atom stereocenters. The largest absolute Gasteiger partial charge is 0.298 e. The fourth-order valence-corrected chi connectivity index (χ4v) is 1.60. The summed E-state index contributed by atoms with van der Waals surface area (Å²) in [7, 11) is 2.02. The summed E-state index contributed by atoms with van der Waals surface area (Å²) in [6.07, 6.45) is 0. The van der Waals surface area contributed by atoms with Gasteiger partial charge in [0.25, 0.3) is 0 Å². The molecule has 2 aromatic rings. The minimum Gasteiger partial charge on any atom is -0.298 e. The van der Waals surface area contributed by atoms with E-state index in [0.29, 0.717) is 0 Å². The lowest BCUT2D eigenvalue weighted by Gasteiger charge is -2.22. The smallest absolute Gasteiger partial charge is 0.0571 e. The molecule has 0 radical (unpaired) electrons. The lowest BCUT2D eigenvalue weighted by Crippen LogP contribution is -2.24. The van der Waals surface area contributed by atoms with Crippen LogP contribution in [0.3, 0.4) is 0 Å². The molecule has 0 aromatic heterocycles. The molecule has 0 bridgehead atoms. The molecule has 0 saturated carbocycles. The van der Waals surface area contributed by atoms with Crippen LogP contribution in [0, 0.1) is 6.92 Å². The Hall–Kier alpha value is -1.96. The number of hydrogen-bond donors (Lipinski definition) is 1. The van der Waals surface area contributed by atoms with E-state index in [2.05, 4.69) is 36.6 Å². The molecular weight excluding hydrogens is 196 g/mol. The summed E-state index contributed by atoms with van der Waals surface area (Å²) in [6.45, 7) is 2.10. The maximum absolute atomic E-state index is 3.36. The number of nitrogens with one attached hydrogen (secondary N) is 1. The van der Waals surface area contributed by atoms with Crippen LogP contribution in [0.1, 0.15) is 5.56 Å². The Morgan fingerprint density at radius 2 is 1.50 bits per heavy atom. The van der Waals surface area contributed by atoms with Gasteiger partial charge in [-0.2, -0.15) is 0 Å². The van der Waals surface area contributed by atoms with E-state index in [1.165, 1.54) is 5.56 Å². The summed E-state index contributed by atoms with van der Waals surface area (Å²) in [5, 5.41) is 2.02. The molecule has 0 heterocycles. The van der Waals surface area contributed by atoms with Crippen LogP contribution >= 0.6 is 0 Å². The number of para-hydroxylation sites is 2. The van der Waals surface area contributed by atoms with Gasteiger partial charge in [-0.15, -0.1) is 0 Å². The number of anilines is 2. The van der Waals surface area contributed by atoms with Crippen LogP contribution in [0.15, 0.2) is 54.6 Å².